The third-order valence-corrected chi connectivity index (χ3v) is 5.40. The van der Waals surface area contributed by atoms with Crippen LogP contribution in [0, 0.1) is 11.7 Å². The monoisotopic (exact) mass is 333 g/mol. The van der Waals surface area contributed by atoms with E-state index in [0.29, 0.717) is 17.7 Å². The fourth-order valence-corrected chi connectivity index (χ4v) is 3.66. The number of carboxylic acids is 1. The minimum atomic E-state index is -0.795. The van der Waals surface area contributed by atoms with E-state index in [-0.39, 0.29) is 23.7 Å². The Hall–Kier alpha value is -2.21. The quantitative estimate of drug-likeness (QED) is 0.932. The molecule has 1 aromatic carbocycles. The number of nitrogens with zero attached hydrogens (tertiary/aromatic N) is 1. The number of carboxylic acid groups (broad SMARTS) is 1. The van der Waals surface area contributed by atoms with Crippen molar-refractivity contribution < 1.29 is 19.1 Å². The average molecular weight is 333 g/mol. The molecule has 0 unspecified atom stereocenters. The minimum Gasteiger partial charge on any atom is -0.481 e. The van der Waals surface area contributed by atoms with Crippen LogP contribution >= 0.6 is 11.3 Å². The predicted molar refractivity (Wildman–Crippen MR) is 86.0 cm³/mol. The van der Waals surface area contributed by atoms with Crippen molar-refractivity contribution in [1.82, 2.24) is 4.90 Å². The minimum absolute atomic E-state index is 0.0139. The van der Waals surface area contributed by atoms with Crippen LogP contribution in [-0.4, -0.2) is 35.0 Å². The van der Waals surface area contributed by atoms with Crippen LogP contribution in [0.3, 0.4) is 0 Å². The normalized spacial score (nSPS) is 19.9. The topological polar surface area (TPSA) is 57.6 Å². The second-order valence-electron chi connectivity index (χ2n) is 5.75. The van der Waals surface area contributed by atoms with Gasteiger partial charge in [-0.05, 0) is 42.7 Å². The molecule has 1 heterocycles. The van der Waals surface area contributed by atoms with E-state index in [1.54, 1.807) is 30.1 Å². The summed E-state index contributed by atoms with van der Waals surface area (Å²) in [6.07, 6.45) is 1.02. The summed E-state index contributed by atoms with van der Waals surface area (Å²) in [5.74, 6) is -1.53. The number of benzene rings is 1. The molecule has 0 aliphatic heterocycles. The van der Waals surface area contributed by atoms with E-state index in [4.69, 9.17) is 5.11 Å². The number of amides is 1. The van der Waals surface area contributed by atoms with E-state index < -0.39 is 5.97 Å². The lowest BCUT2D eigenvalue weighted by atomic mass is 9.79. The second-order valence-corrected chi connectivity index (χ2v) is 6.83. The molecule has 1 N–H and O–H groups in total. The smallest absolute Gasteiger partial charge is 0.306 e. The third-order valence-electron chi connectivity index (χ3n) is 4.28. The van der Waals surface area contributed by atoms with Gasteiger partial charge >= 0.3 is 5.97 Å². The van der Waals surface area contributed by atoms with Crippen molar-refractivity contribution in [1.29, 1.82) is 0 Å². The Kier molecular flexibility index (Phi) is 4.17. The number of carbonyl (C=O) groups is 2. The van der Waals surface area contributed by atoms with Gasteiger partial charge in [-0.1, -0.05) is 12.1 Å². The number of rotatable bonds is 4. The highest BCUT2D eigenvalue weighted by Crippen LogP contribution is 2.34. The van der Waals surface area contributed by atoms with Crippen LogP contribution in [0.2, 0.25) is 0 Å². The number of carbonyl (C=O) groups excluding carboxylic acids is 1. The van der Waals surface area contributed by atoms with Crippen LogP contribution in [0.5, 0.6) is 0 Å². The Bertz CT molecular complexity index is 735. The summed E-state index contributed by atoms with van der Waals surface area (Å²) in [6, 6.07) is 9.74. The van der Waals surface area contributed by atoms with E-state index in [9.17, 15) is 14.0 Å². The van der Waals surface area contributed by atoms with Gasteiger partial charge in [0.05, 0.1) is 10.8 Å². The number of hydrogen-bond acceptors (Lipinski definition) is 3. The third kappa shape index (κ3) is 3.12. The molecule has 0 spiro atoms. The van der Waals surface area contributed by atoms with Gasteiger partial charge < -0.3 is 10.0 Å². The van der Waals surface area contributed by atoms with Crippen molar-refractivity contribution in [3.8, 4) is 10.4 Å². The lowest BCUT2D eigenvalue weighted by Crippen LogP contribution is -2.47. The van der Waals surface area contributed by atoms with Crippen LogP contribution < -0.4 is 0 Å². The number of halogens is 1. The first-order valence-electron chi connectivity index (χ1n) is 7.31. The summed E-state index contributed by atoms with van der Waals surface area (Å²) < 4.78 is 13.0. The Labute approximate surface area is 137 Å². The van der Waals surface area contributed by atoms with Gasteiger partial charge in [0.1, 0.15) is 5.82 Å². The van der Waals surface area contributed by atoms with E-state index in [0.717, 1.165) is 10.4 Å². The fourth-order valence-electron chi connectivity index (χ4n) is 2.67. The predicted octanol–water partition coefficient (Wildman–Crippen LogP) is 3.49. The largest absolute Gasteiger partial charge is 0.481 e. The van der Waals surface area contributed by atoms with E-state index in [1.807, 2.05) is 6.07 Å². The number of aliphatic carboxylic acids is 1. The van der Waals surface area contributed by atoms with Gasteiger partial charge in [0.25, 0.3) is 5.91 Å². The number of thiophene rings is 1. The lowest BCUT2D eigenvalue weighted by molar-refractivity contribution is -0.146. The van der Waals surface area contributed by atoms with Crippen LogP contribution in [0.15, 0.2) is 36.4 Å². The lowest BCUT2D eigenvalue weighted by Gasteiger charge is -2.38. The zero-order chi connectivity index (χ0) is 16.6. The fraction of sp³-hybridized carbons (Fsp3) is 0.294. The molecule has 120 valence electrons. The first-order valence-corrected chi connectivity index (χ1v) is 8.13. The summed E-state index contributed by atoms with van der Waals surface area (Å²) in [5.41, 5.74) is 0.868. The Morgan fingerprint density at radius 1 is 1.17 bits per heavy atom. The zero-order valence-corrected chi connectivity index (χ0v) is 13.3. The summed E-state index contributed by atoms with van der Waals surface area (Å²) in [6.45, 7) is 0. The van der Waals surface area contributed by atoms with Crippen molar-refractivity contribution in [2.45, 2.75) is 18.9 Å². The summed E-state index contributed by atoms with van der Waals surface area (Å²) in [4.78, 5) is 26.5. The molecule has 1 aliphatic carbocycles. The second kappa shape index (κ2) is 6.12. The van der Waals surface area contributed by atoms with E-state index in [2.05, 4.69) is 0 Å². The van der Waals surface area contributed by atoms with Crippen LogP contribution in [0.4, 0.5) is 4.39 Å². The Balaban J connectivity index is 1.69. The van der Waals surface area contributed by atoms with Crippen molar-refractivity contribution in [2.75, 3.05) is 7.05 Å². The van der Waals surface area contributed by atoms with Crippen LogP contribution in [0.25, 0.3) is 10.4 Å². The maximum atomic E-state index is 13.0. The molecular weight excluding hydrogens is 317 g/mol. The Morgan fingerprint density at radius 2 is 1.83 bits per heavy atom. The summed E-state index contributed by atoms with van der Waals surface area (Å²) in [7, 11) is 1.71. The van der Waals surface area contributed by atoms with Gasteiger partial charge in [0.2, 0.25) is 0 Å². The van der Waals surface area contributed by atoms with Crippen molar-refractivity contribution in [3.63, 3.8) is 0 Å². The Morgan fingerprint density at radius 3 is 2.43 bits per heavy atom. The molecule has 6 heteroatoms. The van der Waals surface area contributed by atoms with E-state index >= 15 is 0 Å². The van der Waals surface area contributed by atoms with Gasteiger partial charge in [-0.25, -0.2) is 4.39 Å². The molecule has 4 nitrogen and oxygen atoms in total. The average Bonchev–Trinajstić information content (AvgIpc) is 2.94. The summed E-state index contributed by atoms with van der Waals surface area (Å²) in [5, 5.41) is 8.91. The molecular formula is C17H16FNO3S. The first kappa shape index (κ1) is 15.7. The SMILES string of the molecule is CN(C(=O)c1ccc(-c2ccc(F)cc2)s1)C1CC(C(=O)O)C1. The highest BCUT2D eigenvalue weighted by Gasteiger charge is 2.38. The molecule has 3 rings (SSSR count). The zero-order valence-electron chi connectivity index (χ0n) is 12.5. The molecule has 0 bridgehead atoms. The highest BCUT2D eigenvalue weighted by molar-refractivity contribution is 7.17. The maximum absolute atomic E-state index is 13.0. The molecule has 0 atom stereocenters. The molecule has 1 aromatic heterocycles. The van der Waals surface area contributed by atoms with Crippen LogP contribution in [-0.2, 0) is 4.79 Å². The highest BCUT2D eigenvalue weighted by atomic mass is 32.1. The summed E-state index contributed by atoms with van der Waals surface area (Å²) >= 11 is 1.36. The standard InChI is InChI=1S/C17H16FNO3S/c1-19(13-8-11(9-13)17(21)22)16(20)15-7-6-14(23-15)10-2-4-12(18)5-3-10/h2-7,11,13H,8-9H2,1H3,(H,21,22). The van der Waals surface area contributed by atoms with Crippen molar-refractivity contribution in [3.05, 3.63) is 47.1 Å². The maximum Gasteiger partial charge on any atom is 0.306 e. The van der Waals surface area contributed by atoms with Gasteiger partial charge in [-0.2, -0.15) is 0 Å². The van der Waals surface area contributed by atoms with Gasteiger partial charge in [0, 0.05) is 18.0 Å². The molecule has 23 heavy (non-hydrogen) atoms. The molecule has 0 saturated heterocycles. The molecule has 1 amide bonds. The molecule has 1 saturated carbocycles. The van der Waals surface area contributed by atoms with Gasteiger partial charge in [0.15, 0.2) is 0 Å². The molecule has 1 fully saturated rings. The molecule has 1 aliphatic rings. The molecule has 2 aromatic rings. The first-order chi connectivity index (χ1) is 11.0. The van der Waals surface area contributed by atoms with Gasteiger partial charge in [-0.15, -0.1) is 11.3 Å². The molecule has 0 radical (unpaired) electrons. The van der Waals surface area contributed by atoms with Gasteiger partial charge in [-0.3, -0.25) is 9.59 Å². The van der Waals surface area contributed by atoms with E-state index in [1.165, 1.54) is 23.5 Å². The van der Waals surface area contributed by atoms with Crippen LogP contribution in [0.1, 0.15) is 22.5 Å². The van der Waals surface area contributed by atoms with Crippen molar-refractivity contribution >= 4 is 23.2 Å². The number of hydrogen-bond donors (Lipinski definition) is 1. The van der Waals surface area contributed by atoms with Crippen molar-refractivity contribution in [2.24, 2.45) is 5.92 Å².